The largest absolute Gasteiger partial charge is 0.368 e. The van der Waals surface area contributed by atoms with Gasteiger partial charge in [0.1, 0.15) is 0 Å². The molecule has 0 aromatic rings. The molecule has 0 aliphatic carbocycles. The molecule has 2 unspecified atom stereocenters. The summed E-state index contributed by atoms with van der Waals surface area (Å²) in [5.41, 5.74) is 5.04. The first-order valence-electron chi connectivity index (χ1n) is 6.75. The Morgan fingerprint density at radius 2 is 1.47 bits per heavy atom. The summed E-state index contributed by atoms with van der Waals surface area (Å²) in [6.45, 7) is 2.23. The van der Waals surface area contributed by atoms with E-state index >= 15 is 0 Å². The van der Waals surface area contributed by atoms with Gasteiger partial charge in [-0.1, -0.05) is 58.3 Å². The van der Waals surface area contributed by atoms with Crippen molar-refractivity contribution in [2.24, 2.45) is 5.50 Å². The second kappa shape index (κ2) is 12.7. The third-order valence-corrected chi connectivity index (χ3v) is 3.24. The molecule has 0 rings (SSSR count). The van der Waals surface area contributed by atoms with E-state index in [0.29, 0.717) is 6.42 Å². The molecule has 0 saturated carbocycles. The molecule has 0 radical (unpaired) electrons. The van der Waals surface area contributed by atoms with Crippen LogP contribution in [0.2, 0.25) is 0 Å². The minimum atomic E-state index is -1.93. The third kappa shape index (κ3) is 14.2. The summed E-state index contributed by atoms with van der Waals surface area (Å²) in [7, 11) is -1.93. The summed E-state index contributed by atoms with van der Waals surface area (Å²) in [5.74, 6) is 0. The lowest BCUT2D eigenvalue weighted by atomic mass is 10.1. The summed E-state index contributed by atoms with van der Waals surface area (Å²) in [6, 6.07) is 0. The Kier molecular flexibility index (Phi) is 12.9. The van der Waals surface area contributed by atoms with Gasteiger partial charge in [0.05, 0.1) is 0 Å². The molecule has 0 aliphatic heterocycles. The molecule has 0 aromatic heterocycles. The van der Waals surface area contributed by atoms with Crippen LogP contribution in [0.3, 0.4) is 0 Å². The number of hydrogen-bond acceptors (Lipinski definition) is 4. The molecule has 4 N–H and O–H groups in total. The summed E-state index contributed by atoms with van der Waals surface area (Å²) in [4.78, 5) is 8.73. The van der Waals surface area contributed by atoms with Crippen molar-refractivity contribution in [2.45, 2.75) is 77.4 Å². The van der Waals surface area contributed by atoms with E-state index in [1.165, 1.54) is 44.9 Å². The van der Waals surface area contributed by atoms with Crippen LogP contribution >= 0.6 is 8.53 Å². The summed E-state index contributed by atoms with van der Waals surface area (Å²) in [6.07, 6.45) is 10.9. The molecule has 0 aliphatic rings. The molecule has 0 heterocycles. The van der Waals surface area contributed by atoms with Crippen LogP contribution in [0.15, 0.2) is 0 Å². The standard InChI is InChI=1S/C12H28NO3P/c1-2-3-4-5-6-7-8-9-10-11-12(14)16-17(13)15/h12,14-15H,2-11,13H2,1H3. The number of aliphatic hydroxyl groups is 1. The highest BCUT2D eigenvalue weighted by molar-refractivity contribution is 7.43. The Labute approximate surface area is 107 Å². The van der Waals surface area contributed by atoms with Gasteiger partial charge in [-0.2, -0.15) is 0 Å². The fourth-order valence-corrected chi connectivity index (χ4v) is 2.16. The summed E-state index contributed by atoms with van der Waals surface area (Å²) < 4.78 is 4.68. The first kappa shape index (κ1) is 17.3. The zero-order chi connectivity index (χ0) is 12.9. The van der Waals surface area contributed by atoms with Crippen molar-refractivity contribution in [3.8, 4) is 0 Å². The minimum Gasteiger partial charge on any atom is -0.368 e. The zero-order valence-corrected chi connectivity index (χ0v) is 11.9. The molecular weight excluding hydrogens is 237 g/mol. The molecule has 5 heteroatoms. The van der Waals surface area contributed by atoms with Crippen LogP contribution in [0.5, 0.6) is 0 Å². The highest BCUT2D eigenvalue weighted by Crippen LogP contribution is 2.23. The van der Waals surface area contributed by atoms with E-state index in [0.717, 1.165) is 12.8 Å². The number of rotatable bonds is 12. The average molecular weight is 265 g/mol. The number of nitrogens with two attached hydrogens (primary N) is 1. The molecule has 2 atom stereocenters. The Hall–Kier alpha value is 0.270. The highest BCUT2D eigenvalue weighted by atomic mass is 31.2. The van der Waals surface area contributed by atoms with E-state index in [1.54, 1.807) is 0 Å². The second-order valence-corrected chi connectivity index (χ2v) is 5.30. The molecule has 0 spiro atoms. The van der Waals surface area contributed by atoms with Gasteiger partial charge in [-0.05, 0) is 12.8 Å². The Morgan fingerprint density at radius 3 is 1.94 bits per heavy atom. The van der Waals surface area contributed by atoms with Crippen molar-refractivity contribution in [3.05, 3.63) is 0 Å². The minimum absolute atomic E-state index is 0.562. The van der Waals surface area contributed by atoms with Gasteiger partial charge in [-0.3, -0.25) is 10.0 Å². The maximum atomic E-state index is 9.27. The Bertz CT molecular complexity index is 159. The zero-order valence-electron chi connectivity index (χ0n) is 11.0. The van der Waals surface area contributed by atoms with Crippen LogP contribution in [0.4, 0.5) is 0 Å². The molecule has 0 bridgehead atoms. The lowest BCUT2D eigenvalue weighted by molar-refractivity contribution is -0.0230. The number of unbranched alkanes of at least 4 members (excludes halogenated alkanes) is 8. The molecule has 104 valence electrons. The normalized spacial score (nSPS) is 14.8. The first-order valence-corrected chi connectivity index (χ1v) is 8.03. The molecule has 0 amide bonds. The van der Waals surface area contributed by atoms with E-state index in [1.807, 2.05) is 0 Å². The number of hydrogen-bond donors (Lipinski definition) is 3. The predicted octanol–water partition coefficient (Wildman–Crippen LogP) is 3.42. The van der Waals surface area contributed by atoms with Gasteiger partial charge in [-0.25, -0.2) is 0 Å². The van der Waals surface area contributed by atoms with E-state index < -0.39 is 14.8 Å². The Morgan fingerprint density at radius 1 is 1.00 bits per heavy atom. The van der Waals surface area contributed by atoms with E-state index in [-0.39, 0.29) is 0 Å². The molecule has 17 heavy (non-hydrogen) atoms. The van der Waals surface area contributed by atoms with Gasteiger partial charge in [0.2, 0.25) is 0 Å². The molecule has 0 saturated heterocycles. The van der Waals surface area contributed by atoms with Crippen molar-refractivity contribution in [2.75, 3.05) is 0 Å². The summed E-state index contributed by atoms with van der Waals surface area (Å²) in [5, 5.41) is 9.27. The number of aliphatic hydroxyl groups excluding tert-OH is 1. The van der Waals surface area contributed by atoms with Gasteiger partial charge in [0.15, 0.2) is 6.29 Å². The first-order chi connectivity index (χ1) is 8.16. The van der Waals surface area contributed by atoms with Crippen molar-refractivity contribution in [3.63, 3.8) is 0 Å². The fourth-order valence-electron chi connectivity index (χ4n) is 1.81. The van der Waals surface area contributed by atoms with Crippen LogP contribution in [0.25, 0.3) is 0 Å². The van der Waals surface area contributed by atoms with E-state index in [2.05, 4.69) is 11.4 Å². The van der Waals surface area contributed by atoms with Gasteiger partial charge in [0, 0.05) is 0 Å². The van der Waals surface area contributed by atoms with Crippen molar-refractivity contribution in [1.29, 1.82) is 0 Å². The van der Waals surface area contributed by atoms with Crippen LogP contribution in [-0.2, 0) is 4.52 Å². The van der Waals surface area contributed by atoms with Crippen molar-refractivity contribution < 1.29 is 14.5 Å². The lowest BCUT2D eigenvalue weighted by Gasteiger charge is -2.12. The topological polar surface area (TPSA) is 75.7 Å². The lowest BCUT2D eigenvalue weighted by Crippen LogP contribution is -2.10. The van der Waals surface area contributed by atoms with E-state index in [9.17, 15) is 5.11 Å². The van der Waals surface area contributed by atoms with Crippen LogP contribution in [0.1, 0.15) is 71.1 Å². The molecular formula is C12H28NO3P. The second-order valence-electron chi connectivity index (χ2n) is 4.48. The monoisotopic (exact) mass is 265 g/mol. The Balaban J connectivity index is 3.07. The molecule has 0 fully saturated rings. The fraction of sp³-hybridized carbons (Fsp3) is 1.00. The smallest absolute Gasteiger partial charge is 0.252 e. The van der Waals surface area contributed by atoms with Gasteiger partial charge < -0.3 is 10.00 Å². The van der Waals surface area contributed by atoms with Crippen molar-refractivity contribution in [1.82, 2.24) is 0 Å². The van der Waals surface area contributed by atoms with Crippen LogP contribution < -0.4 is 5.50 Å². The average Bonchev–Trinajstić information content (AvgIpc) is 2.26. The maximum Gasteiger partial charge on any atom is 0.252 e. The van der Waals surface area contributed by atoms with Crippen LogP contribution in [0, 0.1) is 0 Å². The predicted molar refractivity (Wildman–Crippen MR) is 72.3 cm³/mol. The quantitative estimate of drug-likeness (QED) is 0.287. The van der Waals surface area contributed by atoms with Gasteiger partial charge in [0.25, 0.3) is 8.53 Å². The highest BCUT2D eigenvalue weighted by Gasteiger charge is 2.07. The molecule has 4 nitrogen and oxygen atoms in total. The SMILES string of the molecule is CCCCCCCCCCCC(O)OP(N)O. The van der Waals surface area contributed by atoms with E-state index in [4.69, 9.17) is 10.4 Å². The van der Waals surface area contributed by atoms with Crippen LogP contribution in [-0.4, -0.2) is 16.3 Å². The third-order valence-electron chi connectivity index (χ3n) is 2.78. The molecule has 0 aromatic carbocycles. The maximum absolute atomic E-state index is 9.27. The van der Waals surface area contributed by atoms with Crippen molar-refractivity contribution >= 4 is 8.53 Å². The van der Waals surface area contributed by atoms with Gasteiger partial charge in [-0.15, -0.1) is 0 Å². The summed E-state index contributed by atoms with van der Waals surface area (Å²) >= 11 is 0. The van der Waals surface area contributed by atoms with Gasteiger partial charge >= 0.3 is 0 Å².